The first kappa shape index (κ1) is 80.4. The summed E-state index contributed by atoms with van der Waals surface area (Å²) in [6.45, 7) is 6.63. The molecular weight excluding hydrogens is 1020 g/mol. The zero-order valence-corrected chi connectivity index (χ0v) is 56.0. The minimum atomic E-state index is -0.780. The summed E-state index contributed by atoms with van der Waals surface area (Å²) in [6, 6.07) is 0. The molecule has 0 rings (SSSR count). The number of ether oxygens (including phenoxy) is 3. The molecule has 0 aliphatic heterocycles. The highest BCUT2D eigenvalue weighted by Gasteiger charge is 2.19. The predicted octanol–water partition coefficient (Wildman–Crippen LogP) is 25.7. The highest BCUT2D eigenvalue weighted by atomic mass is 16.6. The summed E-state index contributed by atoms with van der Waals surface area (Å²) in [4.78, 5) is 38.4. The Morgan fingerprint density at radius 1 is 0.241 bits per heavy atom. The Kier molecular flexibility index (Phi) is 69.6. The van der Waals surface area contributed by atoms with Crippen LogP contribution in [0.3, 0.4) is 0 Å². The summed E-state index contributed by atoms with van der Waals surface area (Å²) in [7, 11) is 0. The van der Waals surface area contributed by atoms with Crippen molar-refractivity contribution in [3.63, 3.8) is 0 Å². The fraction of sp³-hybridized carbons (Fsp3) is 0.857. The summed E-state index contributed by atoms with van der Waals surface area (Å²) in [5, 5.41) is 0. The van der Waals surface area contributed by atoms with Crippen LogP contribution in [0.25, 0.3) is 0 Å². The van der Waals surface area contributed by atoms with Gasteiger partial charge in [-0.15, -0.1) is 0 Å². The number of esters is 3. The van der Waals surface area contributed by atoms with Gasteiger partial charge in [-0.1, -0.05) is 339 Å². The first-order valence-corrected chi connectivity index (χ1v) is 37.1. The fourth-order valence-corrected chi connectivity index (χ4v) is 11.2. The maximum atomic E-state index is 13.0. The normalized spacial score (nSPS) is 12.3. The van der Waals surface area contributed by atoms with E-state index in [1.54, 1.807) is 0 Å². The second-order valence-corrected chi connectivity index (χ2v) is 25.2. The number of hydrogen-bond acceptors (Lipinski definition) is 6. The molecule has 0 aromatic carbocycles. The van der Waals surface area contributed by atoms with Crippen molar-refractivity contribution in [1.82, 2.24) is 0 Å². The maximum Gasteiger partial charge on any atom is 0.306 e. The Hall–Kier alpha value is -2.63. The summed E-state index contributed by atoms with van der Waals surface area (Å²) in [5.74, 6) is -0.865. The van der Waals surface area contributed by atoms with Crippen LogP contribution in [-0.4, -0.2) is 37.2 Å². The molecule has 0 bridgehead atoms. The number of rotatable bonds is 69. The molecule has 0 heterocycles. The molecule has 6 nitrogen and oxygen atoms in total. The van der Waals surface area contributed by atoms with Crippen LogP contribution in [0.5, 0.6) is 0 Å². The summed E-state index contributed by atoms with van der Waals surface area (Å²) >= 11 is 0. The van der Waals surface area contributed by atoms with Crippen molar-refractivity contribution in [2.75, 3.05) is 13.2 Å². The molecule has 6 heteroatoms. The molecule has 0 saturated carbocycles. The molecule has 486 valence electrons. The smallest absolute Gasteiger partial charge is 0.306 e. The molecule has 1 unspecified atom stereocenters. The van der Waals surface area contributed by atoms with Crippen LogP contribution >= 0.6 is 0 Å². The van der Waals surface area contributed by atoms with Crippen molar-refractivity contribution in [2.24, 2.45) is 0 Å². The molecule has 0 saturated heterocycles. The van der Waals surface area contributed by atoms with E-state index in [2.05, 4.69) is 69.4 Å². The maximum absolute atomic E-state index is 13.0. The van der Waals surface area contributed by atoms with E-state index in [-0.39, 0.29) is 31.1 Å². The van der Waals surface area contributed by atoms with Gasteiger partial charge in [0.2, 0.25) is 0 Å². The van der Waals surface area contributed by atoms with Crippen LogP contribution in [0.15, 0.2) is 48.6 Å². The van der Waals surface area contributed by atoms with Gasteiger partial charge in [0.25, 0.3) is 0 Å². The lowest BCUT2D eigenvalue weighted by molar-refractivity contribution is -0.167. The van der Waals surface area contributed by atoms with Gasteiger partial charge in [0.1, 0.15) is 13.2 Å². The predicted molar refractivity (Wildman–Crippen MR) is 362 cm³/mol. The number of carbonyl (C=O) groups is 3. The molecule has 0 aromatic rings. The van der Waals surface area contributed by atoms with Gasteiger partial charge in [-0.25, -0.2) is 0 Å². The largest absolute Gasteiger partial charge is 0.462 e. The lowest BCUT2D eigenvalue weighted by Gasteiger charge is -2.18. The van der Waals surface area contributed by atoms with Crippen molar-refractivity contribution in [2.45, 2.75) is 412 Å². The Morgan fingerprint density at radius 3 is 0.723 bits per heavy atom. The molecule has 0 aromatic heterocycles. The van der Waals surface area contributed by atoms with Gasteiger partial charge < -0.3 is 14.2 Å². The van der Waals surface area contributed by atoms with E-state index >= 15 is 0 Å². The van der Waals surface area contributed by atoms with Gasteiger partial charge in [0, 0.05) is 19.3 Å². The molecule has 0 aliphatic rings. The third-order valence-corrected chi connectivity index (χ3v) is 16.8. The van der Waals surface area contributed by atoms with E-state index < -0.39 is 6.10 Å². The van der Waals surface area contributed by atoms with Gasteiger partial charge in [0.15, 0.2) is 6.10 Å². The molecule has 0 spiro atoms. The van der Waals surface area contributed by atoms with Crippen molar-refractivity contribution in [3.8, 4) is 0 Å². The SMILES string of the molecule is CCC/C=C\C/C=C\CCCCCCCC(=O)OCC(COC(=O)CCCCCCCCCCCCCCCCCCCCC/C=C\CCCCCCCCCC)OC(=O)CCCCCCCCCCC/C=C\CCCCCCCCCC. The summed E-state index contributed by atoms with van der Waals surface area (Å²) in [6.07, 6.45) is 91.6. The molecule has 1 atom stereocenters. The van der Waals surface area contributed by atoms with Crippen molar-refractivity contribution in [1.29, 1.82) is 0 Å². The monoisotopic (exact) mass is 1160 g/mol. The fourth-order valence-electron chi connectivity index (χ4n) is 11.2. The zero-order valence-electron chi connectivity index (χ0n) is 56.0. The van der Waals surface area contributed by atoms with Crippen molar-refractivity contribution >= 4 is 17.9 Å². The van der Waals surface area contributed by atoms with Crippen molar-refractivity contribution in [3.05, 3.63) is 48.6 Å². The molecule has 83 heavy (non-hydrogen) atoms. The average Bonchev–Trinajstić information content (AvgIpc) is 3.49. The highest BCUT2D eigenvalue weighted by Crippen LogP contribution is 2.18. The minimum absolute atomic E-state index is 0.0744. The Bertz CT molecular complexity index is 1430. The van der Waals surface area contributed by atoms with Gasteiger partial charge in [0.05, 0.1) is 0 Å². The van der Waals surface area contributed by atoms with E-state index in [1.807, 2.05) is 0 Å². The van der Waals surface area contributed by atoms with Gasteiger partial charge >= 0.3 is 17.9 Å². The lowest BCUT2D eigenvalue weighted by Crippen LogP contribution is -2.30. The molecule has 0 aliphatic carbocycles. The Morgan fingerprint density at radius 2 is 0.458 bits per heavy atom. The van der Waals surface area contributed by atoms with Crippen LogP contribution in [0.4, 0.5) is 0 Å². The first-order valence-electron chi connectivity index (χ1n) is 37.1. The van der Waals surface area contributed by atoms with Crippen LogP contribution in [0.1, 0.15) is 406 Å². The van der Waals surface area contributed by atoms with E-state index in [4.69, 9.17) is 14.2 Å². The second-order valence-electron chi connectivity index (χ2n) is 25.2. The zero-order chi connectivity index (χ0) is 59.9. The van der Waals surface area contributed by atoms with Gasteiger partial charge in [-0.3, -0.25) is 14.4 Å². The number of unbranched alkanes of at least 4 members (excludes halogenated alkanes) is 50. The van der Waals surface area contributed by atoms with E-state index in [0.29, 0.717) is 19.3 Å². The van der Waals surface area contributed by atoms with Crippen LogP contribution in [-0.2, 0) is 28.6 Å². The second kappa shape index (κ2) is 71.8. The third kappa shape index (κ3) is 70.0. The summed E-state index contributed by atoms with van der Waals surface area (Å²) in [5.41, 5.74) is 0. The highest BCUT2D eigenvalue weighted by molar-refractivity contribution is 5.71. The van der Waals surface area contributed by atoms with Gasteiger partial charge in [-0.2, -0.15) is 0 Å². The molecular formula is C77H142O6. The molecule has 0 fully saturated rings. The standard InChI is InChI=1S/C77H142O6/c1-4-7-10-13-16-19-22-25-27-29-31-33-34-35-36-37-38-39-40-41-42-44-45-47-49-52-55-58-61-64-67-70-76(79)82-73-74(72-81-75(78)69-66-63-60-57-54-51-24-21-18-15-12-9-6-3)83-77(80)71-68-65-62-59-56-53-50-48-46-43-32-30-28-26-23-20-17-14-11-8-5-2/h12,15,21,24,29-32,74H,4-11,13-14,16-20,22-23,25-28,33-73H2,1-3H3/b15-12-,24-21-,31-29-,32-30-. The van der Waals surface area contributed by atoms with Crippen molar-refractivity contribution < 1.29 is 28.6 Å². The quantitative estimate of drug-likeness (QED) is 0.0261. The number of carbonyl (C=O) groups excluding carboxylic acids is 3. The van der Waals surface area contributed by atoms with Crippen LogP contribution < -0.4 is 0 Å². The van der Waals surface area contributed by atoms with Gasteiger partial charge in [-0.05, 0) is 96.3 Å². The van der Waals surface area contributed by atoms with Crippen LogP contribution in [0.2, 0.25) is 0 Å². The van der Waals surface area contributed by atoms with E-state index in [9.17, 15) is 14.4 Å². The average molecular weight is 1160 g/mol. The Labute approximate surface area is 518 Å². The van der Waals surface area contributed by atoms with E-state index in [0.717, 1.165) is 83.5 Å². The Balaban J connectivity index is 4.17. The lowest BCUT2D eigenvalue weighted by atomic mass is 10.0. The van der Waals surface area contributed by atoms with Crippen LogP contribution in [0, 0.1) is 0 Å². The molecule has 0 radical (unpaired) electrons. The minimum Gasteiger partial charge on any atom is -0.462 e. The number of allylic oxidation sites excluding steroid dienone is 8. The number of hydrogen-bond donors (Lipinski definition) is 0. The summed E-state index contributed by atoms with van der Waals surface area (Å²) < 4.78 is 17.0. The first-order chi connectivity index (χ1) is 41.0. The topological polar surface area (TPSA) is 78.9 Å². The molecule has 0 amide bonds. The molecule has 0 N–H and O–H groups in total. The van der Waals surface area contributed by atoms with E-state index in [1.165, 1.54) is 283 Å². The third-order valence-electron chi connectivity index (χ3n) is 16.8.